The van der Waals surface area contributed by atoms with E-state index >= 15 is 0 Å². The van der Waals surface area contributed by atoms with Gasteiger partial charge in [-0.3, -0.25) is 19.1 Å². The summed E-state index contributed by atoms with van der Waals surface area (Å²) in [6.07, 6.45) is 3.79. The Labute approximate surface area is 259 Å². The Hall–Kier alpha value is -3.39. The lowest BCUT2D eigenvalue weighted by atomic mass is 10.0. The lowest BCUT2D eigenvalue weighted by molar-refractivity contribution is -0.671. The third-order valence-corrected chi connectivity index (χ3v) is 10.5. The van der Waals surface area contributed by atoms with E-state index in [0.29, 0.717) is 20.8 Å². The van der Waals surface area contributed by atoms with E-state index in [-0.39, 0.29) is 29.0 Å². The maximum absolute atomic E-state index is 13.2. The first-order chi connectivity index (χ1) is 20.4. The molecule has 4 N–H and O–H groups in total. The van der Waals surface area contributed by atoms with Crippen molar-refractivity contribution >= 4 is 82.8 Å². The molecule has 0 aliphatic carbocycles. The lowest BCUT2D eigenvalue weighted by Gasteiger charge is -2.49. The summed E-state index contributed by atoms with van der Waals surface area (Å²) in [4.78, 5) is 73.7. The zero-order chi connectivity index (χ0) is 30.9. The Morgan fingerprint density at radius 3 is 2.77 bits per heavy atom. The van der Waals surface area contributed by atoms with Gasteiger partial charge in [0.05, 0.1) is 5.69 Å². The van der Waals surface area contributed by atoms with Gasteiger partial charge in [0.15, 0.2) is 16.7 Å². The molecule has 16 nitrogen and oxygen atoms in total. The zero-order valence-electron chi connectivity index (χ0n) is 22.1. The smallest absolute Gasteiger partial charge is 0.353 e. The number of carbonyl (C=O) groups excluding carboxylic acids is 2. The number of aliphatic carboxylic acids is 1. The molecule has 43 heavy (non-hydrogen) atoms. The van der Waals surface area contributed by atoms with Crippen molar-refractivity contribution in [2.24, 2.45) is 12.2 Å². The van der Waals surface area contributed by atoms with E-state index in [2.05, 4.69) is 24.8 Å². The monoisotopic (exact) mass is 684 g/mol. The maximum atomic E-state index is 13.2. The molecule has 0 radical (unpaired) electrons. The molecular weight excluding hydrogens is 664 g/mol. The highest BCUT2D eigenvalue weighted by Crippen LogP contribution is 2.46. The fourth-order valence-electron chi connectivity index (χ4n) is 3.89. The molecule has 3 aromatic heterocycles. The van der Waals surface area contributed by atoms with Crippen LogP contribution in [0.5, 0.6) is 0 Å². The van der Waals surface area contributed by atoms with Gasteiger partial charge < -0.3 is 30.1 Å². The van der Waals surface area contributed by atoms with E-state index in [0.717, 1.165) is 16.2 Å². The van der Waals surface area contributed by atoms with Crippen molar-refractivity contribution in [3.05, 3.63) is 46.3 Å². The SMILES string of the molecule is CCO/N=C(\C(=O)N[C@@H]1C(=O)N2C(C(=O)O)=C(Sc3nc(-c4cc[n+](C)cc4)cs3)CS[C@H]12)c1nsc(NP(=O)([O-])O)n1. The lowest BCUT2D eigenvalue weighted by Crippen LogP contribution is -2.71. The number of rotatable bonds is 11. The van der Waals surface area contributed by atoms with Gasteiger partial charge in [-0.2, -0.15) is 9.36 Å². The van der Waals surface area contributed by atoms with E-state index in [1.807, 2.05) is 41.5 Å². The topological polar surface area (TPSA) is 223 Å². The summed E-state index contributed by atoms with van der Waals surface area (Å²) in [5, 5.41) is 18.8. The Bertz CT molecular complexity index is 1690. The number of thioether (sulfide) groups is 2. The van der Waals surface area contributed by atoms with E-state index in [1.165, 1.54) is 34.9 Å². The Morgan fingerprint density at radius 2 is 2.09 bits per heavy atom. The Balaban J connectivity index is 1.31. The molecule has 5 rings (SSSR count). The highest BCUT2D eigenvalue weighted by Gasteiger charge is 2.54. The number of hydrogen-bond donors (Lipinski definition) is 4. The van der Waals surface area contributed by atoms with Gasteiger partial charge in [0, 0.05) is 45.3 Å². The summed E-state index contributed by atoms with van der Waals surface area (Å²) < 4.78 is 17.5. The van der Waals surface area contributed by atoms with E-state index in [9.17, 15) is 28.9 Å². The highest BCUT2D eigenvalue weighted by molar-refractivity contribution is 8.07. The molecule has 226 valence electrons. The molecule has 3 atom stereocenters. The predicted octanol–water partition coefficient (Wildman–Crippen LogP) is 0.588. The number of aryl methyl sites for hydroxylation is 1. The number of aromatic nitrogens is 4. The summed E-state index contributed by atoms with van der Waals surface area (Å²) in [5.74, 6) is -2.90. The van der Waals surface area contributed by atoms with Crippen LogP contribution < -0.4 is 19.9 Å². The first-order valence-corrected chi connectivity index (χ1v) is 17.2. The second kappa shape index (κ2) is 12.7. The molecule has 0 spiro atoms. The normalized spacial score (nSPS) is 19.8. The number of nitrogens with one attached hydrogen (secondary N) is 2. The molecule has 0 aromatic carbocycles. The zero-order valence-corrected chi connectivity index (χ0v) is 26.2. The van der Waals surface area contributed by atoms with Crippen LogP contribution in [0.4, 0.5) is 5.13 Å². The minimum atomic E-state index is -4.92. The number of carboxylic acids is 1. The van der Waals surface area contributed by atoms with Gasteiger partial charge in [0.1, 0.15) is 30.8 Å². The molecule has 2 aliphatic heterocycles. The van der Waals surface area contributed by atoms with Gasteiger partial charge in [-0.25, -0.2) is 14.3 Å². The number of thiazole rings is 1. The van der Waals surface area contributed by atoms with Crippen LogP contribution in [0.1, 0.15) is 12.7 Å². The number of carbonyl (C=O) groups is 3. The largest absolute Gasteiger partial charge is 0.762 e. The third kappa shape index (κ3) is 6.90. The van der Waals surface area contributed by atoms with Crippen LogP contribution in [-0.2, 0) is 30.8 Å². The number of nitrogens with zero attached hydrogens (tertiary/aromatic N) is 6. The van der Waals surface area contributed by atoms with Crippen LogP contribution in [0, 0.1) is 0 Å². The molecule has 0 saturated carbocycles. The van der Waals surface area contributed by atoms with Crippen molar-refractivity contribution in [3.8, 4) is 11.3 Å². The van der Waals surface area contributed by atoms with Crippen molar-refractivity contribution in [3.63, 3.8) is 0 Å². The fourth-order valence-corrected chi connectivity index (χ4v) is 8.58. The summed E-state index contributed by atoms with van der Waals surface area (Å²) >= 11 is 4.35. The maximum Gasteiger partial charge on any atom is 0.353 e. The fraction of sp³-hybridized carbons (Fsp3) is 0.273. The van der Waals surface area contributed by atoms with Crippen LogP contribution in [0.15, 0.2) is 50.0 Å². The number of anilines is 1. The van der Waals surface area contributed by atoms with Crippen molar-refractivity contribution < 1.29 is 43.2 Å². The second-order valence-electron chi connectivity index (χ2n) is 8.70. The van der Waals surface area contributed by atoms with E-state index in [4.69, 9.17) is 9.73 Å². The van der Waals surface area contributed by atoms with Gasteiger partial charge in [0.25, 0.3) is 11.8 Å². The second-order valence-corrected chi connectivity index (χ2v) is 14.0. The van der Waals surface area contributed by atoms with Crippen molar-refractivity contribution in [1.29, 1.82) is 0 Å². The molecule has 0 bridgehead atoms. The average Bonchev–Trinajstić information content (AvgIpc) is 3.60. The standard InChI is InChI=1S/C22H21N8O8PS4/c1-3-38-26-13(16-25-21(43-28-16)27-39(35,36)37)17(31)24-14-18(32)30-15(20(33)34)12(9-40-19(14)30)42-22-23-11(8-41-22)10-4-6-29(2)7-5-10/h4-8,14,19H,3,9H2,1-2H3,(H4-,24,25,27,28,31,33,34,35,36,37)/b26-13-/t14-,19-/m1/s1. The minimum Gasteiger partial charge on any atom is -0.762 e. The van der Waals surface area contributed by atoms with Crippen molar-refractivity contribution in [1.82, 2.24) is 24.6 Å². The van der Waals surface area contributed by atoms with Crippen molar-refractivity contribution in [2.75, 3.05) is 17.4 Å². The first-order valence-electron chi connectivity index (χ1n) is 12.1. The third-order valence-electron chi connectivity index (χ3n) is 5.77. The van der Waals surface area contributed by atoms with Gasteiger partial charge in [0.2, 0.25) is 24.4 Å². The quantitative estimate of drug-likeness (QED) is 0.0714. The summed E-state index contributed by atoms with van der Waals surface area (Å²) in [6, 6.07) is 2.75. The van der Waals surface area contributed by atoms with Crippen LogP contribution >= 0.6 is 54.1 Å². The Kier molecular flexibility index (Phi) is 9.16. The van der Waals surface area contributed by atoms with Crippen LogP contribution in [0.25, 0.3) is 11.3 Å². The number of carboxylic acid groups (broad SMARTS) is 1. The highest BCUT2D eigenvalue weighted by atomic mass is 32.2. The number of β-lactam (4-membered cyclic amide) rings is 1. The van der Waals surface area contributed by atoms with Crippen LogP contribution in [0.2, 0.25) is 0 Å². The summed E-state index contributed by atoms with van der Waals surface area (Å²) in [6.45, 7) is 1.68. The number of pyridine rings is 1. The molecule has 21 heteroatoms. The van der Waals surface area contributed by atoms with E-state index in [1.54, 1.807) is 12.0 Å². The Morgan fingerprint density at radius 1 is 1.35 bits per heavy atom. The molecule has 5 heterocycles. The number of amides is 2. The molecule has 2 aliphatic rings. The summed E-state index contributed by atoms with van der Waals surface area (Å²) in [7, 11) is -3.02. The average molecular weight is 685 g/mol. The van der Waals surface area contributed by atoms with Gasteiger partial charge in [-0.1, -0.05) is 16.9 Å². The van der Waals surface area contributed by atoms with Gasteiger partial charge in [-0.05, 0) is 6.92 Å². The van der Waals surface area contributed by atoms with Gasteiger partial charge >= 0.3 is 5.97 Å². The number of oxime groups is 1. The molecule has 1 fully saturated rings. The predicted molar refractivity (Wildman–Crippen MR) is 156 cm³/mol. The first kappa shape index (κ1) is 31.0. The molecule has 1 unspecified atom stereocenters. The summed E-state index contributed by atoms with van der Waals surface area (Å²) in [5.41, 5.74) is 1.03. The molecule has 3 aromatic rings. The number of fused-ring (bicyclic) bond motifs is 1. The van der Waals surface area contributed by atoms with E-state index < -0.39 is 42.7 Å². The van der Waals surface area contributed by atoms with Crippen LogP contribution in [0.3, 0.4) is 0 Å². The molecule has 1 saturated heterocycles. The number of hydrogen-bond acceptors (Lipinski definition) is 14. The van der Waals surface area contributed by atoms with Gasteiger partial charge in [-0.15, -0.1) is 23.1 Å². The van der Waals surface area contributed by atoms with Crippen molar-refractivity contribution in [2.45, 2.75) is 22.7 Å². The minimum absolute atomic E-state index is 0.0743. The molecule has 2 amide bonds. The molecular formula is C22H21N8O8PS4. The van der Waals surface area contributed by atoms with Crippen LogP contribution in [-0.4, -0.2) is 76.5 Å².